The molecular weight excluding hydrogens is 200 g/mol. The predicted octanol–water partition coefficient (Wildman–Crippen LogP) is 0.846. The van der Waals surface area contributed by atoms with Gasteiger partial charge in [0, 0.05) is 0 Å². The smallest absolute Gasteiger partial charge is 0.349 e. The minimum absolute atomic E-state index is 0.488. The maximum absolute atomic E-state index is 11.4. The predicted molar refractivity (Wildman–Crippen MR) is 52.8 cm³/mol. The molecule has 0 spiro atoms. The Hall–Kier alpha value is -1.10. The molecule has 1 N–H and O–H groups in total. The molecule has 15 heavy (non-hydrogen) atoms. The van der Waals surface area contributed by atoms with Crippen molar-refractivity contribution < 1.29 is 24.2 Å². The summed E-state index contributed by atoms with van der Waals surface area (Å²) < 4.78 is 9.32. The number of hydrogen-bond acceptors (Lipinski definition) is 5. The Balaban J connectivity index is 4.20. The van der Waals surface area contributed by atoms with Crippen LogP contribution in [0.25, 0.3) is 0 Å². The first-order valence-corrected chi connectivity index (χ1v) is 4.74. The summed E-state index contributed by atoms with van der Waals surface area (Å²) in [4.78, 5) is 22.5. The van der Waals surface area contributed by atoms with Gasteiger partial charge < -0.3 is 14.6 Å². The Morgan fingerprint density at radius 1 is 1.13 bits per heavy atom. The molecule has 0 amide bonds. The molecule has 0 fully saturated rings. The molecule has 0 aromatic heterocycles. The Morgan fingerprint density at radius 2 is 1.60 bits per heavy atom. The van der Waals surface area contributed by atoms with E-state index in [4.69, 9.17) is 9.84 Å². The number of aliphatic hydroxyl groups is 1. The molecule has 0 saturated carbocycles. The third kappa shape index (κ3) is 5.37. The summed E-state index contributed by atoms with van der Waals surface area (Å²) >= 11 is 0. The van der Waals surface area contributed by atoms with Crippen LogP contribution in [0.2, 0.25) is 0 Å². The van der Waals surface area contributed by atoms with Crippen LogP contribution in [0.3, 0.4) is 0 Å². The molecule has 0 bridgehead atoms. The van der Waals surface area contributed by atoms with E-state index in [0.717, 1.165) is 0 Å². The monoisotopic (exact) mass is 218 g/mol. The van der Waals surface area contributed by atoms with Crippen LogP contribution in [-0.2, 0) is 19.1 Å². The lowest BCUT2D eigenvalue weighted by molar-refractivity contribution is -0.184. The van der Waals surface area contributed by atoms with Crippen molar-refractivity contribution in [3.05, 3.63) is 0 Å². The van der Waals surface area contributed by atoms with E-state index in [1.165, 1.54) is 13.8 Å². The summed E-state index contributed by atoms with van der Waals surface area (Å²) in [6.45, 7) is 7.75. The van der Waals surface area contributed by atoms with Crippen molar-refractivity contribution in [1.82, 2.24) is 0 Å². The lowest BCUT2D eigenvalue weighted by Crippen LogP contribution is -2.33. The number of carbonyl (C=O) groups is 2. The van der Waals surface area contributed by atoms with Crippen molar-refractivity contribution in [2.75, 3.05) is 0 Å². The molecule has 0 aliphatic heterocycles. The van der Waals surface area contributed by atoms with Crippen molar-refractivity contribution in [2.24, 2.45) is 5.41 Å². The van der Waals surface area contributed by atoms with E-state index < -0.39 is 29.7 Å². The normalized spacial score (nSPS) is 15.3. The molecule has 0 heterocycles. The van der Waals surface area contributed by atoms with E-state index in [1.807, 2.05) is 0 Å². The van der Waals surface area contributed by atoms with Gasteiger partial charge in [-0.25, -0.2) is 4.79 Å². The van der Waals surface area contributed by atoms with Gasteiger partial charge in [0.15, 0.2) is 12.4 Å². The Labute approximate surface area is 89.4 Å². The van der Waals surface area contributed by atoms with E-state index in [2.05, 4.69) is 4.74 Å². The average molecular weight is 218 g/mol. The molecule has 2 unspecified atom stereocenters. The van der Waals surface area contributed by atoms with Crippen LogP contribution < -0.4 is 0 Å². The van der Waals surface area contributed by atoms with Crippen molar-refractivity contribution in [1.29, 1.82) is 0 Å². The number of carbonyl (C=O) groups excluding carboxylic acids is 2. The van der Waals surface area contributed by atoms with Crippen LogP contribution in [0.15, 0.2) is 0 Å². The van der Waals surface area contributed by atoms with Crippen LogP contribution in [0.4, 0.5) is 0 Å². The molecule has 5 heteroatoms. The summed E-state index contributed by atoms with van der Waals surface area (Å²) in [5.74, 6) is -1.25. The first kappa shape index (κ1) is 13.9. The highest BCUT2D eigenvalue weighted by molar-refractivity contribution is 5.81. The summed E-state index contributed by atoms with van der Waals surface area (Å²) in [6.07, 6.45) is -2.21. The van der Waals surface area contributed by atoms with E-state index >= 15 is 0 Å². The van der Waals surface area contributed by atoms with Crippen LogP contribution in [-0.4, -0.2) is 29.4 Å². The molecular formula is C10H18O5. The Kier molecular flexibility index (Phi) is 4.74. The highest BCUT2D eigenvalue weighted by Crippen LogP contribution is 2.16. The second-order valence-corrected chi connectivity index (χ2v) is 4.33. The Morgan fingerprint density at radius 3 is 1.93 bits per heavy atom. The van der Waals surface area contributed by atoms with Crippen molar-refractivity contribution in [3.8, 4) is 0 Å². The van der Waals surface area contributed by atoms with Gasteiger partial charge in [0.05, 0.1) is 5.41 Å². The van der Waals surface area contributed by atoms with Crippen molar-refractivity contribution >= 4 is 11.9 Å². The van der Waals surface area contributed by atoms with Gasteiger partial charge in [0.25, 0.3) is 0 Å². The van der Waals surface area contributed by atoms with Gasteiger partial charge in [-0.15, -0.1) is 0 Å². The fourth-order valence-electron chi connectivity index (χ4n) is 0.649. The first-order chi connectivity index (χ1) is 6.64. The summed E-state index contributed by atoms with van der Waals surface area (Å²) in [7, 11) is 0. The van der Waals surface area contributed by atoms with Crippen molar-refractivity contribution in [3.63, 3.8) is 0 Å². The van der Waals surface area contributed by atoms with E-state index in [9.17, 15) is 9.59 Å². The van der Waals surface area contributed by atoms with Gasteiger partial charge in [0.1, 0.15) is 0 Å². The number of aliphatic hydroxyl groups excluding tert-OH is 1. The number of ether oxygens (including phenoxy) is 2. The molecule has 0 aliphatic rings. The molecule has 0 aliphatic carbocycles. The average Bonchev–Trinajstić information content (AvgIpc) is 2.00. The quantitative estimate of drug-likeness (QED) is 0.561. The Bertz CT molecular complexity index is 239. The van der Waals surface area contributed by atoms with Crippen LogP contribution >= 0.6 is 0 Å². The van der Waals surface area contributed by atoms with Gasteiger partial charge in [-0.1, -0.05) is 0 Å². The molecule has 88 valence electrons. The maximum atomic E-state index is 11.4. The molecule has 0 rings (SSSR count). The summed E-state index contributed by atoms with van der Waals surface area (Å²) in [6, 6.07) is 0. The second-order valence-electron chi connectivity index (χ2n) is 4.33. The zero-order valence-corrected chi connectivity index (χ0v) is 9.73. The molecule has 0 radical (unpaired) electrons. The second kappa shape index (κ2) is 5.11. The van der Waals surface area contributed by atoms with Crippen molar-refractivity contribution in [2.45, 2.75) is 47.0 Å². The van der Waals surface area contributed by atoms with Gasteiger partial charge in [-0.3, -0.25) is 4.79 Å². The number of hydrogen-bond donors (Lipinski definition) is 1. The maximum Gasteiger partial charge on any atom is 0.349 e. The summed E-state index contributed by atoms with van der Waals surface area (Å²) in [5, 5.41) is 8.78. The van der Waals surface area contributed by atoms with Gasteiger partial charge in [-0.2, -0.15) is 0 Å². The van der Waals surface area contributed by atoms with Crippen LogP contribution in [0.1, 0.15) is 34.6 Å². The number of rotatable bonds is 3. The number of esters is 2. The molecule has 0 aromatic rings. The highest BCUT2D eigenvalue weighted by Gasteiger charge is 2.28. The topological polar surface area (TPSA) is 72.8 Å². The minimum Gasteiger partial charge on any atom is -0.450 e. The standard InChI is InChI=1S/C10H18O5/c1-6(8(12)15-7(2)11)14-9(13)10(3,4)5/h6-7,11H,1-5H3. The highest BCUT2D eigenvalue weighted by atomic mass is 16.7. The molecule has 0 saturated heterocycles. The minimum atomic E-state index is -1.20. The van der Waals surface area contributed by atoms with Gasteiger partial charge in [0.2, 0.25) is 0 Å². The van der Waals surface area contributed by atoms with Gasteiger partial charge >= 0.3 is 11.9 Å². The largest absolute Gasteiger partial charge is 0.450 e. The van der Waals surface area contributed by atoms with Crippen LogP contribution in [0, 0.1) is 5.41 Å². The first-order valence-electron chi connectivity index (χ1n) is 4.74. The van der Waals surface area contributed by atoms with Gasteiger partial charge in [-0.05, 0) is 34.6 Å². The third-order valence-electron chi connectivity index (χ3n) is 1.51. The third-order valence-corrected chi connectivity index (χ3v) is 1.51. The fourth-order valence-corrected chi connectivity index (χ4v) is 0.649. The zero-order valence-electron chi connectivity index (χ0n) is 9.73. The SMILES string of the molecule is CC(O)OC(=O)C(C)OC(=O)C(C)(C)C. The zero-order chi connectivity index (χ0) is 12.2. The molecule has 0 aromatic carbocycles. The van der Waals surface area contributed by atoms with E-state index in [1.54, 1.807) is 20.8 Å². The molecule has 5 nitrogen and oxygen atoms in total. The fraction of sp³-hybridized carbons (Fsp3) is 0.800. The lowest BCUT2D eigenvalue weighted by Gasteiger charge is -2.20. The van der Waals surface area contributed by atoms with Crippen LogP contribution in [0.5, 0.6) is 0 Å². The summed E-state index contributed by atoms with van der Waals surface area (Å²) in [5.41, 5.74) is -0.667. The van der Waals surface area contributed by atoms with E-state index in [0.29, 0.717) is 0 Å². The molecule has 2 atom stereocenters. The lowest BCUT2D eigenvalue weighted by atomic mass is 9.97. The van der Waals surface area contributed by atoms with E-state index in [-0.39, 0.29) is 0 Å².